The molecule has 2 aromatic rings. The molecule has 0 saturated carbocycles. The van der Waals surface area contributed by atoms with Crippen molar-refractivity contribution < 1.29 is 17.9 Å². The molecule has 0 aliphatic rings. The zero-order valence-corrected chi connectivity index (χ0v) is 15.6. The molecule has 0 bridgehead atoms. The van der Waals surface area contributed by atoms with E-state index in [1.807, 2.05) is 31.2 Å². The lowest BCUT2D eigenvalue weighted by atomic mass is 10.1. The van der Waals surface area contributed by atoms with E-state index in [0.717, 1.165) is 11.1 Å². The average molecular weight is 361 g/mol. The molecule has 134 valence electrons. The maximum absolute atomic E-state index is 12.3. The first kappa shape index (κ1) is 19.0. The molecule has 2 rings (SSSR count). The Kier molecular flexibility index (Phi) is 6.22. The number of benzene rings is 2. The van der Waals surface area contributed by atoms with Crippen LogP contribution < -0.4 is 14.2 Å². The summed E-state index contributed by atoms with van der Waals surface area (Å²) >= 11 is 0. The Balaban J connectivity index is 2.18. The summed E-state index contributed by atoms with van der Waals surface area (Å²) in [5.74, 6) is 1.23. The lowest BCUT2D eigenvalue weighted by Crippen LogP contribution is -2.25. The molecule has 1 atom stereocenters. The Bertz CT molecular complexity index is 842. The quantitative estimate of drug-likeness (QED) is 0.817. The number of nitrogens with one attached hydrogen (secondary N) is 1. The van der Waals surface area contributed by atoms with Crippen LogP contribution in [-0.2, 0) is 10.0 Å². The molecule has 0 aliphatic carbocycles. The monoisotopic (exact) mass is 361 g/mol. The molecule has 0 spiro atoms. The largest absolute Gasteiger partial charge is 0.497 e. The lowest BCUT2D eigenvalue weighted by Gasteiger charge is -2.17. The van der Waals surface area contributed by atoms with Gasteiger partial charge in [-0.05, 0) is 43.7 Å². The van der Waals surface area contributed by atoms with Crippen LogP contribution >= 0.6 is 0 Å². The topological polar surface area (TPSA) is 64.6 Å². The highest BCUT2D eigenvalue weighted by Gasteiger charge is 2.17. The predicted molar refractivity (Wildman–Crippen MR) is 100 cm³/mol. The van der Waals surface area contributed by atoms with Gasteiger partial charge in [-0.25, -0.2) is 13.1 Å². The fourth-order valence-electron chi connectivity index (χ4n) is 2.37. The van der Waals surface area contributed by atoms with Crippen LogP contribution in [0.15, 0.2) is 47.9 Å². The van der Waals surface area contributed by atoms with Gasteiger partial charge in [-0.2, -0.15) is 0 Å². The normalized spacial score (nSPS) is 13.0. The van der Waals surface area contributed by atoms with Gasteiger partial charge in [-0.1, -0.05) is 29.8 Å². The van der Waals surface area contributed by atoms with Crippen LogP contribution in [-0.4, -0.2) is 22.6 Å². The van der Waals surface area contributed by atoms with Crippen LogP contribution in [0.1, 0.15) is 29.7 Å². The van der Waals surface area contributed by atoms with E-state index < -0.39 is 16.1 Å². The van der Waals surface area contributed by atoms with Gasteiger partial charge in [-0.3, -0.25) is 0 Å². The molecule has 0 aliphatic heterocycles. The highest BCUT2D eigenvalue weighted by molar-refractivity contribution is 7.92. The van der Waals surface area contributed by atoms with E-state index in [9.17, 15) is 8.42 Å². The average Bonchev–Trinajstić information content (AvgIpc) is 2.60. The minimum atomic E-state index is -3.61. The van der Waals surface area contributed by atoms with Crippen molar-refractivity contribution in [1.82, 2.24) is 4.72 Å². The van der Waals surface area contributed by atoms with Gasteiger partial charge in [0.2, 0.25) is 10.0 Å². The summed E-state index contributed by atoms with van der Waals surface area (Å²) in [5, 5.41) is 1.17. The number of methoxy groups -OCH3 is 2. The van der Waals surface area contributed by atoms with Gasteiger partial charge in [-0.15, -0.1) is 0 Å². The summed E-state index contributed by atoms with van der Waals surface area (Å²) in [7, 11) is -0.503. The molecule has 5 nitrogen and oxygen atoms in total. The molecule has 6 heteroatoms. The van der Waals surface area contributed by atoms with Crippen LogP contribution in [0.4, 0.5) is 0 Å². The smallest absolute Gasteiger partial charge is 0.234 e. The fourth-order valence-corrected chi connectivity index (χ4v) is 3.41. The fraction of sp³-hybridized carbons (Fsp3) is 0.263. The Labute approximate surface area is 149 Å². The molecular weight excluding hydrogens is 338 g/mol. The minimum Gasteiger partial charge on any atom is -0.497 e. The van der Waals surface area contributed by atoms with Gasteiger partial charge in [0.15, 0.2) is 0 Å². The third kappa shape index (κ3) is 5.34. The van der Waals surface area contributed by atoms with Crippen molar-refractivity contribution in [3.05, 3.63) is 64.6 Å². The zero-order chi connectivity index (χ0) is 18.4. The molecule has 25 heavy (non-hydrogen) atoms. The highest BCUT2D eigenvalue weighted by Crippen LogP contribution is 2.29. The summed E-state index contributed by atoms with van der Waals surface area (Å²) in [6.07, 6.45) is 1.57. The first-order valence-electron chi connectivity index (χ1n) is 7.83. The van der Waals surface area contributed by atoms with E-state index in [1.54, 1.807) is 45.4 Å². The standard InChI is InChI=1S/C19H23NO4S/c1-14-5-7-16(8-6-14)11-12-25(21,22)20-15(2)18-13-17(23-3)9-10-19(18)24-4/h5-13,15,20H,1-4H3. The van der Waals surface area contributed by atoms with Crippen molar-refractivity contribution in [3.8, 4) is 11.5 Å². The van der Waals surface area contributed by atoms with E-state index in [4.69, 9.17) is 9.47 Å². The molecule has 0 aromatic heterocycles. The van der Waals surface area contributed by atoms with E-state index >= 15 is 0 Å². The van der Waals surface area contributed by atoms with Crippen molar-refractivity contribution >= 4 is 16.1 Å². The molecule has 1 N–H and O–H groups in total. The first-order valence-corrected chi connectivity index (χ1v) is 9.38. The summed E-state index contributed by atoms with van der Waals surface area (Å²) < 4.78 is 37.8. The van der Waals surface area contributed by atoms with E-state index in [0.29, 0.717) is 17.1 Å². The van der Waals surface area contributed by atoms with Gasteiger partial charge in [0, 0.05) is 17.0 Å². The predicted octanol–water partition coefficient (Wildman–Crippen LogP) is 3.66. The number of rotatable bonds is 7. The summed E-state index contributed by atoms with van der Waals surface area (Å²) in [6.45, 7) is 3.74. The Hall–Kier alpha value is -2.31. The van der Waals surface area contributed by atoms with E-state index in [2.05, 4.69) is 4.72 Å². The number of sulfonamides is 1. The van der Waals surface area contributed by atoms with Crippen molar-refractivity contribution in [2.24, 2.45) is 0 Å². The maximum atomic E-state index is 12.3. The van der Waals surface area contributed by atoms with Crippen LogP contribution in [0.25, 0.3) is 6.08 Å². The number of aryl methyl sites for hydroxylation is 1. The van der Waals surface area contributed by atoms with Crippen LogP contribution in [0, 0.1) is 6.92 Å². The van der Waals surface area contributed by atoms with Gasteiger partial charge in [0.1, 0.15) is 11.5 Å². The number of hydrogen-bond donors (Lipinski definition) is 1. The Morgan fingerprint density at radius 1 is 1.04 bits per heavy atom. The summed E-state index contributed by atoms with van der Waals surface area (Å²) in [4.78, 5) is 0. The Morgan fingerprint density at radius 2 is 1.72 bits per heavy atom. The molecule has 0 saturated heterocycles. The zero-order valence-electron chi connectivity index (χ0n) is 14.8. The summed E-state index contributed by atoms with van der Waals surface area (Å²) in [5.41, 5.74) is 2.65. The maximum Gasteiger partial charge on any atom is 0.234 e. The molecular formula is C19H23NO4S. The van der Waals surface area contributed by atoms with Gasteiger partial charge < -0.3 is 9.47 Å². The van der Waals surface area contributed by atoms with Crippen molar-refractivity contribution in [1.29, 1.82) is 0 Å². The second kappa shape index (κ2) is 8.18. The number of ether oxygens (including phenoxy) is 2. The van der Waals surface area contributed by atoms with Crippen LogP contribution in [0.3, 0.4) is 0 Å². The van der Waals surface area contributed by atoms with Crippen molar-refractivity contribution in [3.63, 3.8) is 0 Å². The molecule has 2 aromatic carbocycles. The van der Waals surface area contributed by atoms with Gasteiger partial charge >= 0.3 is 0 Å². The Morgan fingerprint density at radius 3 is 2.32 bits per heavy atom. The number of hydrogen-bond acceptors (Lipinski definition) is 4. The minimum absolute atomic E-state index is 0.474. The molecule has 0 amide bonds. The van der Waals surface area contributed by atoms with Crippen LogP contribution in [0.2, 0.25) is 0 Å². The third-order valence-electron chi connectivity index (χ3n) is 3.76. The molecule has 0 heterocycles. The molecule has 0 fully saturated rings. The third-order valence-corrected chi connectivity index (χ3v) is 4.94. The van der Waals surface area contributed by atoms with Gasteiger partial charge in [0.05, 0.1) is 14.2 Å². The highest BCUT2D eigenvalue weighted by atomic mass is 32.2. The molecule has 0 radical (unpaired) electrons. The lowest BCUT2D eigenvalue weighted by molar-refractivity contribution is 0.395. The van der Waals surface area contributed by atoms with E-state index in [-0.39, 0.29) is 0 Å². The summed E-state index contributed by atoms with van der Waals surface area (Å²) in [6, 6.07) is 12.4. The van der Waals surface area contributed by atoms with Gasteiger partial charge in [0.25, 0.3) is 0 Å². The van der Waals surface area contributed by atoms with Crippen molar-refractivity contribution in [2.75, 3.05) is 14.2 Å². The second-order valence-corrected chi connectivity index (χ2v) is 7.30. The van der Waals surface area contributed by atoms with E-state index in [1.165, 1.54) is 5.41 Å². The first-order chi connectivity index (χ1) is 11.8. The van der Waals surface area contributed by atoms with Crippen molar-refractivity contribution in [2.45, 2.75) is 19.9 Å². The second-order valence-electron chi connectivity index (χ2n) is 5.71. The SMILES string of the molecule is COc1ccc(OC)c(C(C)NS(=O)(=O)C=Cc2ccc(C)cc2)c1. The van der Waals surface area contributed by atoms with Crippen LogP contribution in [0.5, 0.6) is 11.5 Å². The molecule has 1 unspecified atom stereocenters.